The SMILES string of the molecule is CCCCCCOS(=O)(=O)OCc1ccccc1.[NaH]. The van der Waals surface area contributed by atoms with Crippen molar-refractivity contribution in [1.82, 2.24) is 0 Å². The van der Waals surface area contributed by atoms with Crippen LogP contribution in [0.1, 0.15) is 38.2 Å². The summed E-state index contributed by atoms with van der Waals surface area (Å²) in [4.78, 5) is 0. The maximum atomic E-state index is 11.4. The van der Waals surface area contributed by atoms with Crippen LogP contribution in [-0.2, 0) is 25.4 Å². The van der Waals surface area contributed by atoms with E-state index in [0.29, 0.717) is 0 Å². The standard InChI is InChI=1S/C13H20O4S.Na.H/c1-2-3-4-8-11-16-18(14,15)17-12-13-9-6-5-7-10-13;;/h5-7,9-10H,2-4,8,11-12H2,1H3;;. The quantitative estimate of drug-likeness (QED) is 0.518. The summed E-state index contributed by atoms with van der Waals surface area (Å²) in [6.45, 7) is 2.30. The molecule has 0 spiro atoms. The second kappa shape index (κ2) is 10.8. The molecule has 0 fully saturated rings. The van der Waals surface area contributed by atoms with Gasteiger partial charge in [0.25, 0.3) is 0 Å². The van der Waals surface area contributed by atoms with Crippen molar-refractivity contribution < 1.29 is 16.8 Å². The second-order valence-corrected chi connectivity index (χ2v) is 5.33. The molecule has 1 rings (SSSR count). The van der Waals surface area contributed by atoms with E-state index in [1.807, 2.05) is 18.2 Å². The molecule has 19 heavy (non-hydrogen) atoms. The van der Waals surface area contributed by atoms with Gasteiger partial charge >= 0.3 is 40.0 Å². The van der Waals surface area contributed by atoms with Crippen LogP contribution in [0.3, 0.4) is 0 Å². The molecule has 4 nitrogen and oxygen atoms in total. The molecule has 0 atom stereocenters. The normalized spacial score (nSPS) is 11.0. The predicted molar refractivity (Wildman–Crippen MR) is 77.4 cm³/mol. The van der Waals surface area contributed by atoms with Crippen molar-refractivity contribution in [2.45, 2.75) is 39.2 Å². The Bertz CT molecular complexity index is 420. The van der Waals surface area contributed by atoms with Crippen molar-refractivity contribution in [3.63, 3.8) is 0 Å². The summed E-state index contributed by atoms with van der Waals surface area (Å²) in [5.74, 6) is 0. The number of benzene rings is 1. The van der Waals surface area contributed by atoms with Gasteiger partial charge in [0.15, 0.2) is 0 Å². The van der Waals surface area contributed by atoms with Crippen LogP contribution in [0.4, 0.5) is 0 Å². The molecule has 6 heteroatoms. The molecule has 0 aromatic heterocycles. The number of hydrogen-bond acceptors (Lipinski definition) is 4. The summed E-state index contributed by atoms with van der Waals surface area (Å²) in [6.07, 6.45) is 3.91. The molecule has 0 aliphatic carbocycles. The van der Waals surface area contributed by atoms with Crippen LogP contribution in [0.2, 0.25) is 0 Å². The summed E-state index contributed by atoms with van der Waals surface area (Å²) in [5, 5.41) is 0. The third-order valence-electron chi connectivity index (χ3n) is 2.44. The fourth-order valence-corrected chi connectivity index (χ4v) is 2.11. The summed E-state index contributed by atoms with van der Waals surface area (Å²) in [5.41, 5.74) is 0.802. The zero-order valence-electron chi connectivity index (χ0n) is 10.7. The molecular weight excluding hydrogens is 275 g/mol. The van der Waals surface area contributed by atoms with Gasteiger partial charge in [-0.15, -0.1) is 0 Å². The van der Waals surface area contributed by atoms with E-state index < -0.39 is 10.4 Å². The van der Waals surface area contributed by atoms with Gasteiger partial charge in [-0.05, 0) is 12.0 Å². The van der Waals surface area contributed by atoms with Gasteiger partial charge in [-0.2, -0.15) is 8.42 Å². The number of hydrogen-bond donors (Lipinski definition) is 0. The van der Waals surface area contributed by atoms with Crippen molar-refractivity contribution in [1.29, 1.82) is 0 Å². The third-order valence-corrected chi connectivity index (χ3v) is 3.30. The Hall–Kier alpha value is 0.0900. The summed E-state index contributed by atoms with van der Waals surface area (Å²) < 4.78 is 32.3. The Morgan fingerprint density at radius 1 is 1.00 bits per heavy atom. The van der Waals surface area contributed by atoms with Gasteiger partial charge in [-0.1, -0.05) is 56.5 Å². The van der Waals surface area contributed by atoms with Crippen LogP contribution in [0, 0.1) is 0 Å². The van der Waals surface area contributed by atoms with Crippen LogP contribution >= 0.6 is 0 Å². The molecule has 1 aromatic carbocycles. The molecule has 0 radical (unpaired) electrons. The molecule has 0 aliphatic rings. The van der Waals surface area contributed by atoms with Gasteiger partial charge in [0.1, 0.15) is 0 Å². The van der Waals surface area contributed by atoms with Crippen LogP contribution in [0.25, 0.3) is 0 Å². The van der Waals surface area contributed by atoms with Gasteiger partial charge in [0.2, 0.25) is 0 Å². The monoisotopic (exact) mass is 296 g/mol. The van der Waals surface area contributed by atoms with Gasteiger partial charge in [-0.25, -0.2) is 8.37 Å². The average Bonchev–Trinajstić information content (AvgIpc) is 2.38. The van der Waals surface area contributed by atoms with Crippen molar-refractivity contribution in [3.8, 4) is 0 Å². The molecule has 0 saturated heterocycles. The Morgan fingerprint density at radius 2 is 1.68 bits per heavy atom. The van der Waals surface area contributed by atoms with Crippen molar-refractivity contribution >= 4 is 40.0 Å². The van der Waals surface area contributed by atoms with Crippen LogP contribution in [0.5, 0.6) is 0 Å². The first-order valence-electron chi connectivity index (χ1n) is 6.22. The number of unbranched alkanes of at least 4 members (excludes halogenated alkanes) is 3. The summed E-state index contributed by atoms with van der Waals surface area (Å²) in [7, 11) is -3.87. The summed E-state index contributed by atoms with van der Waals surface area (Å²) in [6, 6.07) is 9.13. The fourth-order valence-electron chi connectivity index (χ4n) is 1.44. The Balaban J connectivity index is 0.00000324. The molecule has 0 bridgehead atoms. The predicted octanol–water partition coefficient (Wildman–Crippen LogP) is 2.40. The minimum absolute atomic E-state index is 0. The minimum atomic E-state index is -3.87. The van der Waals surface area contributed by atoms with E-state index in [0.717, 1.165) is 31.2 Å². The van der Waals surface area contributed by atoms with Gasteiger partial charge in [0.05, 0.1) is 13.2 Å². The zero-order valence-corrected chi connectivity index (χ0v) is 11.5. The van der Waals surface area contributed by atoms with Crippen LogP contribution in [0.15, 0.2) is 30.3 Å². The van der Waals surface area contributed by atoms with E-state index in [4.69, 9.17) is 8.37 Å². The van der Waals surface area contributed by atoms with Crippen molar-refractivity contribution in [3.05, 3.63) is 35.9 Å². The summed E-state index contributed by atoms with van der Waals surface area (Å²) >= 11 is 0. The molecule has 0 N–H and O–H groups in total. The van der Waals surface area contributed by atoms with E-state index in [1.165, 1.54) is 0 Å². The second-order valence-electron chi connectivity index (χ2n) is 4.04. The molecular formula is C13H21NaO4S. The zero-order chi connectivity index (χ0) is 13.3. The molecule has 0 unspecified atom stereocenters. The van der Waals surface area contributed by atoms with E-state index in [1.54, 1.807) is 12.1 Å². The van der Waals surface area contributed by atoms with Crippen molar-refractivity contribution in [2.24, 2.45) is 0 Å². The van der Waals surface area contributed by atoms with Crippen LogP contribution < -0.4 is 0 Å². The molecule has 0 saturated carbocycles. The van der Waals surface area contributed by atoms with E-state index in [9.17, 15) is 8.42 Å². The van der Waals surface area contributed by atoms with E-state index in [-0.39, 0.29) is 42.8 Å². The first-order chi connectivity index (χ1) is 8.64. The maximum absolute atomic E-state index is 11.4. The Morgan fingerprint density at radius 3 is 2.32 bits per heavy atom. The average molecular weight is 296 g/mol. The Labute approximate surface area is 138 Å². The van der Waals surface area contributed by atoms with Crippen molar-refractivity contribution in [2.75, 3.05) is 6.61 Å². The van der Waals surface area contributed by atoms with Gasteiger partial charge in [0, 0.05) is 0 Å². The molecule has 104 valence electrons. The van der Waals surface area contributed by atoms with Gasteiger partial charge in [-0.3, -0.25) is 0 Å². The third kappa shape index (κ3) is 9.60. The fraction of sp³-hybridized carbons (Fsp3) is 0.538. The van der Waals surface area contributed by atoms with Gasteiger partial charge < -0.3 is 0 Å². The topological polar surface area (TPSA) is 52.6 Å². The molecule has 0 heterocycles. The molecule has 0 aliphatic heterocycles. The molecule has 1 aromatic rings. The van der Waals surface area contributed by atoms with E-state index in [2.05, 4.69) is 6.92 Å². The number of rotatable bonds is 9. The van der Waals surface area contributed by atoms with E-state index >= 15 is 0 Å². The Kier molecular flexibility index (Phi) is 10.9. The first-order valence-corrected chi connectivity index (χ1v) is 7.55. The molecule has 0 amide bonds. The first kappa shape index (κ1) is 19.1. The van der Waals surface area contributed by atoms with Crippen LogP contribution in [-0.4, -0.2) is 44.6 Å².